The van der Waals surface area contributed by atoms with E-state index in [1.165, 1.54) is 44.3 Å². The first-order valence-corrected chi connectivity index (χ1v) is 7.85. The molecule has 0 N–H and O–H groups in total. The van der Waals surface area contributed by atoms with Crippen molar-refractivity contribution in [3.63, 3.8) is 0 Å². The third-order valence-electron chi connectivity index (χ3n) is 3.96. The van der Waals surface area contributed by atoms with Crippen molar-refractivity contribution in [3.8, 4) is 0 Å². The molecule has 3 aliphatic rings. The molecule has 0 amide bonds. The van der Waals surface area contributed by atoms with Crippen molar-refractivity contribution >= 4 is 15.9 Å². The lowest BCUT2D eigenvalue weighted by atomic mass is 9.81. The van der Waals surface area contributed by atoms with Crippen LogP contribution in [0.25, 0.3) is 0 Å². The van der Waals surface area contributed by atoms with Crippen molar-refractivity contribution in [1.82, 2.24) is 0 Å². The van der Waals surface area contributed by atoms with E-state index in [-0.39, 0.29) is 0 Å². The second-order valence-corrected chi connectivity index (χ2v) is 7.19. The van der Waals surface area contributed by atoms with E-state index in [2.05, 4.69) is 23.6 Å². The molecule has 3 atom stereocenters. The molecule has 0 spiro atoms. The van der Waals surface area contributed by atoms with E-state index in [0.717, 1.165) is 11.2 Å². The molecule has 0 aromatic carbocycles. The van der Waals surface area contributed by atoms with E-state index in [1.54, 1.807) is 5.57 Å². The highest BCUT2D eigenvalue weighted by Crippen LogP contribution is 2.43. The average Bonchev–Trinajstić information content (AvgIpc) is 2.82. The molecule has 0 aromatic heterocycles. The lowest BCUT2D eigenvalue weighted by Gasteiger charge is -2.34. The van der Waals surface area contributed by atoms with Crippen molar-refractivity contribution in [3.05, 3.63) is 23.8 Å². The molecular formula is C14H20S. The topological polar surface area (TPSA) is 0 Å². The van der Waals surface area contributed by atoms with Gasteiger partial charge in [0.25, 0.3) is 0 Å². The maximum atomic E-state index is 2.63. The van der Waals surface area contributed by atoms with Gasteiger partial charge in [-0.1, -0.05) is 23.6 Å². The van der Waals surface area contributed by atoms with Crippen LogP contribution in [-0.4, -0.2) is 16.4 Å². The summed E-state index contributed by atoms with van der Waals surface area (Å²) in [6.45, 7) is 0. The lowest BCUT2D eigenvalue weighted by molar-refractivity contribution is 0.492. The van der Waals surface area contributed by atoms with Crippen LogP contribution in [0.15, 0.2) is 23.8 Å². The van der Waals surface area contributed by atoms with Crippen LogP contribution in [0.1, 0.15) is 38.5 Å². The Morgan fingerprint density at radius 2 is 2.20 bits per heavy atom. The zero-order valence-corrected chi connectivity index (χ0v) is 10.1. The summed E-state index contributed by atoms with van der Waals surface area (Å²) in [4.78, 5) is 0. The van der Waals surface area contributed by atoms with Gasteiger partial charge in [-0.15, -0.1) is 0 Å². The predicted octanol–water partition coefficient (Wildman–Crippen LogP) is 3.91. The van der Waals surface area contributed by atoms with E-state index in [0.29, 0.717) is 10.5 Å². The van der Waals surface area contributed by atoms with Gasteiger partial charge in [-0.25, -0.2) is 0 Å². The van der Waals surface area contributed by atoms with Crippen LogP contribution in [0.2, 0.25) is 0 Å². The van der Waals surface area contributed by atoms with Crippen molar-refractivity contribution in [1.29, 1.82) is 0 Å². The van der Waals surface area contributed by atoms with Gasteiger partial charge in [0.05, 0.1) is 0 Å². The van der Waals surface area contributed by atoms with E-state index in [9.17, 15) is 0 Å². The molecule has 0 radical (unpaired) electrons. The number of hydrogen-bond acceptors (Lipinski definition) is 0. The molecule has 1 heteroatoms. The fraction of sp³-hybridized carbons (Fsp3) is 0.643. The molecule has 0 saturated carbocycles. The summed E-state index contributed by atoms with van der Waals surface area (Å²) in [5.74, 6) is 2.41. The quantitative estimate of drug-likeness (QED) is 0.588. The van der Waals surface area contributed by atoms with Crippen molar-refractivity contribution in [2.24, 2.45) is 5.92 Å². The highest BCUT2D eigenvalue weighted by atomic mass is 32.2. The fourth-order valence-corrected chi connectivity index (χ4v) is 5.96. The van der Waals surface area contributed by atoms with E-state index in [4.69, 9.17) is 0 Å². The standard InChI is InChI=1S/C14H20S/c1-2-8-13-12(6-1)7-5-9-14(13)15-10-3-4-11-15/h5-7,10,13-14H,1-4,8-9,11H2. The molecule has 3 unspecified atom stereocenters. The highest BCUT2D eigenvalue weighted by molar-refractivity contribution is 8.15. The van der Waals surface area contributed by atoms with Gasteiger partial charge in [0.15, 0.2) is 0 Å². The summed E-state index contributed by atoms with van der Waals surface area (Å²) in [6, 6.07) is 0. The first-order valence-electron chi connectivity index (χ1n) is 6.33. The molecule has 2 aliphatic carbocycles. The van der Waals surface area contributed by atoms with Crippen LogP contribution >= 0.6 is 10.5 Å². The Hall–Kier alpha value is -0.300. The van der Waals surface area contributed by atoms with Crippen molar-refractivity contribution in [2.75, 3.05) is 5.75 Å². The minimum Gasteiger partial charge on any atom is -0.186 e. The number of hydrogen-bond donors (Lipinski definition) is 0. The third kappa shape index (κ3) is 1.87. The summed E-state index contributed by atoms with van der Waals surface area (Å²) >= 11 is 0. The third-order valence-corrected chi connectivity index (χ3v) is 6.68. The molecule has 15 heavy (non-hydrogen) atoms. The Morgan fingerprint density at radius 1 is 1.20 bits per heavy atom. The molecule has 3 rings (SSSR count). The SMILES string of the molecule is C1=CC2=CCCCC2C(S2=CCCC2)C1. The lowest BCUT2D eigenvalue weighted by Crippen LogP contribution is -2.25. The molecule has 0 aromatic rings. The second-order valence-electron chi connectivity index (χ2n) is 4.90. The monoisotopic (exact) mass is 220 g/mol. The van der Waals surface area contributed by atoms with E-state index < -0.39 is 0 Å². The van der Waals surface area contributed by atoms with Crippen molar-refractivity contribution < 1.29 is 0 Å². The van der Waals surface area contributed by atoms with Crippen LogP contribution in [0.3, 0.4) is 0 Å². The molecule has 0 nitrogen and oxygen atoms in total. The normalized spacial score (nSPS) is 39.5. The fourth-order valence-electron chi connectivity index (χ4n) is 3.20. The van der Waals surface area contributed by atoms with Crippen LogP contribution in [0.4, 0.5) is 0 Å². The van der Waals surface area contributed by atoms with Gasteiger partial charge in [-0.2, -0.15) is 10.5 Å². The van der Waals surface area contributed by atoms with Crippen LogP contribution < -0.4 is 0 Å². The Morgan fingerprint density at radius 3 is 3.07 bits per heavy atom. The summed E-state index contributed by atoms with van der Waals surface area (Å²) in [6.07, 6.45) is 15.7. The number of fused-ring (bicyclic) bond motifs is 1. The zero-order valence-electron chi connectivity index (χ0n) is 9.32. The minimum absolute atomic E-state index is 0.651. The first kappa shape index (κ1) is 9.89. The summed E-state index contributed by atoms with van der Waals surface area (Å²) in [7, 11) is 0.651. The van der Waals surface area contributed by atoms with Gasteiger partial charge in [-0.05, 0) is 55.8 Å². The summed E-state index contributed by atoms with van der Waals surface area (Å²) in [5.41, 5.74) is 1.67. The molecule has 0 saturated heterocycles. The first-order chi connectivity index (χ1) is 7.45. The summed E-state index contributed by atoms with van der Waals surface area (Å²) in [5, 5.41) is 3.61. The Labute approximate surface area is 95.4 Å². The molecule has 1 aliphatic heterocycles. The Kier molecular flexibility index (Phi) is 2.83. The molecule has 82 valence electrons. The van der Waals surface area contributed by atoms with Crippen LogP contribution in [0, 0.1) is 5.92 Å². The van der Waals surface area contributed by atoms with Gasteiger partial charge in [0.2, 0.25) is 0 Å². The molecule has 0 fully saturated rings. The Balaban J connectivity index is 1.87. The Bertz CT molecular complexity index is 335. The van der Waals surface area contributed by atoms with E-state index in [1.807, 2.05) is 0 Å². The zero-order chi connectivity index (χ0) is 10.1. The maximum absolute atomic E-state index is 2.63. The predicted molar refractivity (Wildman–Crippen MR) is 70.7 cm³/mol. The summed E-state index contributed by atoms with van der Waals surface area (Å²) < 4.78 is 0. The van der Waals surface area contributed by atoms with Gasteiger partial charge < -0.3 is 0 Å². The molecular weight excluding hydrogens is 200 g/mol. The average molecular weight is 220 g/mol. The van der Waals surface area contributed by atoms with Crippen LogP contribution in [-0.2, 0) is 0 Å². The second kappa shape index (κ2) is 4.29. The highest BCUT2D eigenvalue weighted by Gasteiger charge is 2.29. The number of allylic oxidation sites excluding steroid dienone is 4. The van der Waals surface area contributed by atoms with Crippen molar-refractivity contribution in [2.45, 2.75) is 43.8 Å². The van der Waals surface area contributed by atoms with Gasteiger partial charge >= 0.3 is 0 Å². The molecule has 0 bridgehead atoms. The number of rotatable bonds is 1. The largest absolute Gasteiger partial charge is 0.186 e. The maximum Gasteiger partial charge on any atom is 0.00978 e. The molecule has 1 heterocycles. The van der Waals surface area contributed by atoms with Gasteiger partial charge in [0.1, 0.15) is 0 Å². The van der Waals surface area contributed by atoms with Gasteiger partial charge in [-0.3, -0.25) is 0 Å². The van der Waals surface area contributed by atoms with Gasteiger partial charge in [0, 0.05) is 5.25 Å². The smallest absolute Gasteiger partial charge is 0.00978 e. The minimum atomic E-state index is 0.651. The van der Waals surface area contributed by atoms with Crippen LogP contribution in [0.5, 0.6) is 0 Å². The van der Waals surface area contributed by atoms with E-state index >= 15 is 0 Å².